The quantitative estimate of drug-likeness (QED) is 0.847. The van der Waals surface area contributed by atoms with Crippen LogP contribution in [0.2, 0.25) is 0 Å². The van der Waals surface area contributed by atoms with Crippen molar-refractivity contribution in [3.8, 4) is 0 Å². The van der Waals surface area contributed by atoms with Crippen LogP contribution in [0.4, 0.5) is 0 Å². The summed E-state index contributed by atoms with van der Waals surface area (Å²) >= 11 is 3.46. The van der Waals surface area contributed by atoms with Crippen molar-refractivity contribution < 1.29 is 5.11 Å². The maximum atomic E-state index is 10.6. The fraction of sp³-hybridized carbons (Fsp3) is 0.750. The van der Waals surface area contributed by atoms with Crippen LogP contribution in [0.15, 0.2) is 10.7 Å². The average molecular weight is 304 g/mol. The molecule has 2 N–H and O–H groups in total. The first kappa shape index (κ1) is 14.7. The zero-order chi connectivity index (χ0) is 13.1. The minimum absolute atomic E-state index is 0.350. The Morgan fingerprint density at radius 3 is 2.76 bits per heavy atom. The lowest BCUT2D eigenvalue weighted by atomic mass is 10.0. The van der Waals surface area contributed by atoms with Gasteiger partial charge in [0.15, 0.2) is 0 Å². The molecule has 4 nitrogen and oxygen atoms in total. The van der Waals surface area contributed by atoms with Gasteiger partial charge in [0.2, 0.25) is 0 Å². The van der Waals surface area contributed by atoms with Crippen molar-refractivity contribution in [1.29, 1.82) is 0 Å². The van der Waals surface area contributed by atoms with Crippen LogP contribution in [0.1, 0.15) is 39.8 Å². The maximum Gasteiger partial charge on any atom is 0.117 e. The summed E-state index contributed by atoms with van der Waals surface area (Å²) in [6, 6.07) is 0.350. The van der Waals surface area contributed by atoms with Gasteiger partial charge in [-0.25, -0.2) is 0 Å². The summed E-state index contributed by atoms with van der Waals surface area (Å²) in [5.41, 5.74) is -0.0816. The first-order chi connectivity index (χ1) is 7.88. The summed E-state index contributed by atoms with van der Waals surface area (Å²) in [6.45, 7) is 9.37. The van der Waals surface area contributed by atoms with E-state index in [9.17, 15) is 5.11 Å². The summed E-state index contributed by atoms with van der Waals surface area (Å²) in [6.07, 6.45) is 2.74. The molecule has 0 bridgehead atoms. The topological polar surface area (TPSA) is 50.1 Å². The summed E-state index contributed by atoms with van der Waals surface area (Å²) in [4.78, 5) is 0. The van der Waals surface area contributed by atoms with Crippen molar-refractivity contribution in [2.24, 2.45) is 0 Å². The molecule has 0 spiro atoms. The number of rotatable bonds is 6. The van der Waals surface area contributed by atoms with Crippen LogP contribution in [0.25, 0.3) is 0 Å². The largest absolute Gasteiger partial charge is 0.382 e. The van der Waals surface area contributed by atoms with Crippen molar-refractivity contribution >= 4 is 15.9 Å². The third kappa shape index (κ3) is 3.79. The molecule has 1 atom stereocenters. The standard InChI is InChI=1S/C12H22BrN3O/c1-5-6-16-11(10(13)7-15-16)12(4,17)8-14-9(2)3/h7,9,14,17H,5-6,8H2,1-4H3. The van der Waals surface area contributed by atoms with Crippen LogP contribution in [-0.4, -0.2) is 27.5 Å². The highest BCUT2D eigenvalue weighted by Gasteiger charge is 2.29. The molecule has 0 aliphatic rings. The van der Waals surface area contributed by atoms with Crippen molar-refractivity contribution in [3.63, 3.8) is 0 Å². The number of aliphatic hydroxyl groups is 1. The summed E-state index contributed by atoms with van der Waals surface area (Å²) in [7, 11) is 0. The van der Waals surface area contributed by atoms with Gasteiger partial charge in [-0.15, -0.1) is 0 Å². The third-order valence-electron chi connectivity index (χ3n) is 2.59. The van der Waals surface area contributed by atoms with Gasteiger partial charge in [0, 0.05) is 19.1 Å². The Kier molecular flexibility index (Phi) is 5.16. The van der Waals surface area contributed by atoms with E-state index < -0.39 is 5.60 Å². The van der Waals surface area contributed by atoms with Gasteiger partial charge < -0.3 is 10.4 Å². The van der Waals surface area contributed by atoms with E-state index in [2.05, 4.69) is 47.1 Å². The Labute approximate surface area is 112 Å². The van der Waals surface area contributed by atoms with E-state index in [1.54, 1.807) is 6.20 Å². The van der Waals surface area contributed by atoms with Gasteiger partial charge in [0.25, 0.3) is 0 Å². The molecule has 0 radical (unpaired) electrons. The van der Waals surface area contributed by atoms with Crippen LogP contribution in [0.3, 0.4) is 0 Å². The fourth-order valence-corrected chi connectivity index (χ4v) is 2.49. The monoisotopic (exact) mass is 303 g/mol. The first-order valence-corrected chi connectivity index (χ1v) is 6.85. The molecular formula is C12H22BrN3O. The van der Waals surface area contributed by atoms with Gasteiger partial charge in [0.1, 0.15) is 5.60 Å². The maximum absolute atomic E-state index is 10.6. The Morgan fingerprint density at radius 2 is 2.24 bits per heavy atom. The molecule has 98 valence electrons. The number of aryl methyl sites for hydroxylation is 1. The van der Waals surface area contributed by atoms with Crippen LogP contribution < -0.4 is 5.32 Å². The zero-order valence-electron chi connectivity index (χ0n) is 11.0. The molecule has 5 heteroatoms. The predicted molar refractivity (Wildman–Crippen MR) is 72.9 cm³/mol. The molecule has 0 saturated heterocycles. The minimum Gasteiger partial charge on any atom is -0.382 e. The Hall–Kier alpha value is -0.390. The Bertz CT molecular complexity index is 361. The molecule has 0 aliphatic heterocycles. The first-order valence-electron chi connectivity index (χ1n) is 6.06. The molecule has 1 heterocycles. The second-order valence-electron chi connectivity index (χ2n) is 4.87. The van der Waals surface area contributed by atoms with E-state index in [4.69, 9.17) is 0 Å². The molecule has 0 amide bonds. The Morgan fingerprint density at radius 1 is 1.59 bits per heavy atom. The lowest BCUT2D eigenvalue weighted by molar-refractivity contribution is 0.0446. The number of hydrogen-bond acceptors (Lipinski definition) is 3. The fourth-order valence-electron chi connectivity index (χ4n) is 1.77. The summed E-state index contributed by atoms with van der Waals surface area (Å²) < 4.78 is 2.73. The lowest BCUT2D eigenvalue weighted by Gasteiger charge is -2.26. The van der Waals surface area contributed by atoms with Crippen molar-refractivity contribution in [3.05, 3.63) is 16.4 Å². The molecule has 1 unspecified atom stereocenters. The molecule has 0 saturated carbocycles. The Balaban J connectivity index is 2.91. The molecule has 1 aromatic heterocycles. The van der Waals surface area contributed by atoms with E-state index in [0.717, 1.165) is 23.1 Å². The number of aromatic nitrogens is 2. The van der Waals surface area contributed by atoms with E-state index >= 15 is 0 Å². The van der Waals surface area contributed by atoms with Crippen LogP contribution in [0.5, 0.6) is 0 Å². The second kappa shape index (κ2) is 5.98. The highest BCUT2D eigenvalue weighted by atomic mass is 79.9. The van der Waals surface area contributed by atoms with Crippen molar-refractivity contribution in [1.82, 2.24) is 15.1 Å². The molecule has 1 rings (SSSR count). The molecule has 0 aliphatic carbocycles. The zero-order valence-corrected chi connectivity index (χ0v) is 12.6. The normalized spacial score (nSPS) is 15.2. The van der Waals surface area contributed by atoms with E-state index in [0.29, 0.717) is 12.6 Å². The lowest BCUT2D eigenvalue weighted by Crippen LogP contribution is -2.40. The van der Waals surface area contributed by atoms with E-state index in [-0.39, 0.29) is 0 Å². The van der Waals surface area contributed by atoms with Crippen molar-refractivity contribution in [2.75, 3.05) is 6.54 Å². The number of nitrogens with zero attached hydrogens (tertiary/aromatic N) is 2. The third-order valence-corrected chi connectivity index (χ3v) is 3.18. The number of nitrogens with one attached hydrogen (secondary N) is 1. The smallest absolute Gasteiger partial charge is 0.117 e. The van der Waals surface area contributed by atoms with Gasteiger partial charge in [0.05, 0.1) is 16.4 Å². The van der Waals surface area contributed by atoms with Crippen molar-refractivity contribution in [2.45, 2.75) is 52.3 Å². The SMILES string of the molecule is CCCn1ncc(Br)c1C(C)(O)CNC(C)C. The van der Waals surface area contributed by atoms with Crippen LogP contribution in [0, 0.1) is 0 Å². The second-order valence-corrected chi connectivity index (χ2v) is 5.73. The predicted octanol–water partition coefficient (Wildman–Crippen LogP) is 2.26. The van der Waals surface area contributed by atoms with Gasteiger partial charge >= 0.3 is 0 Å². The molecular weight excluding hydrogens is 282 g/mol. The minimum atomic E-state index is -0.922. The van der Waals surface area contributed by atoms with Gasteiger partial charge in [-0.1, -0.05) is 20.8 Å². The van der Waals surface area contributed by atoms with Gasteiger partial charge in [-0.05, 0) is 29.3 Å². The van der Waals surface area contributed by atoms with Crippen LogP contribution >= 0.6 is 15.9 Å². The summed E-state index contributed by atoms with van der Waals surface area (Å²) in [5, 5.41) is 18.1. The van der Waals surface area contributed by atoms with E-state index in [1.807, 2.05) is 11.6 Å². The highest BCUT2D eigenvalue weighted by Crippen LogP contribution is 2.28. The molecule has 17 heavy (non-hydrogen) atoms. The van der Waals surface area contributed by atoms with E-state index in [1.165, 1.54) is 0 Å². The summed E-state index contributed by atoms with van der Waals surface area (Å²) in [5.74, 6) is 0. The number of hydrogen-bond donors (Lipinski definition) is 2. The molecule has 0 fully saturated rings. The highest BCUT2D eigenvalue weighted by molar-refractivity contribution is 9.10. The number of halogens is 1. The van der Waals surface area contributed by atoms with Gasteiger partial charge in [-0.3, -0.25) is 4.68 Å². The van der Waals surface area contributed by atoms with Crippen LogP contribution in [-0.2, 0) is 12.1 Å². The van der Waals surface area contributed by atoms with Gasteiger partial charge in [-0.2, -0.15) is 5.10 Å². The average Bonchev–Trinajstić information content (AvgIpc) is 2.58. The molecule has 1 aromatic rings. The molecule has 0 aromatic carbocycles.